The number of halogens is 3. The molecule has 0 unspecified atom stereocenters. The van der Waals surface area contributed by atoms with Crippen molar-refractivity contribution in [2.24, 2.45) is 0 Å². The Morgan fingerprint density at radius 1 is 1.27 bits per heavy atom. The van der Waals surface area contributed by atoms with Gasteiger partial charge in [0.25, 0.3) is 5.56 Å². The van der Waals surface area contributed by atoms with Crippen LogP contribution in [-0.2, 0) is 22.3 Å². The standard InChI is InChI=1S/C13H16F3N3O3/c1-8(2)18-10(20)6-17-11(21)7-19-5-3-4-9(12(19)22)13(14,15)16/h3-5,8H,6-7H2,1-2H3,(H,17,21)(H,18,20). The Hall–Kier alpha value is -2.32. The summed E-state index contributed by atoms with van der Waals surface area (Å²) in [7, 11) is 0. The summed E-state index contributed by atoms with van der Waals surface area (Å²) < 4.78 is 38.4. The largest absolute Gasteiger partial charge is 0.421 e. The lowest BCUT2D eigenvalue weighted by Crippen LogP contribution is -2.42. The van der Waals surface area contributed by atoms with Gasteiger partial charge in [0.15, 0.2) is 0 Å². The molecule has 0 fully saturated rings. The van der Waals surface area contributed by atoms with E-state index < -0.39 is 35.7 Å². The van der Waals surface area contributed by atoms with E-state index in [0.29, 0.717) is 10.6 Å². The van der Waals surface area contributed by atoms with Crippen molar-refractivity contribution in [3.05, 3.63) is 34.2 Å². The lowest BCUT2D eigenvalue weighted by atomic mass is 10.2. The van der Waals surface area contributed by atoms with Crippen LogP contribution < -0.4 is 16.2 Å². The second-order valence-corrected chi connectivity index (χ2v) is 4.85. The molecule has 6 nitrogen and oxygen atoms in total. The van der Waals surface area contributed by atoms with E-state index in [1.54, 1.807) is 13.8 Å². The van der Waals surface area contributed by atoms with Gasteiger partial charge in [-0.05, 0) is 26.0 Å². The fraction of sp³-hybridized carbons (Fsp3) is 0.462. The molecule has 9 heteroatoms. The fourth-order valence-electron chi connectivity index (χ4n) is 1.64. The zero-order valence-electron chi connectivity index (χ0n) is 12.0. The van der Waals surface area contributed by atoms with Crippen molar-refractivity contribution in [1.29, 1.82) is 0 Å². The molecule has 122 valence electrons. The highest BCUT2D eigenvalue weighted by Gasteiger charge is 2.34. The molecule has 2 N–H and O–H groups in total. The van der Waals surface area contributed by atoms with Gasteiger partial charge in [0, 0.05) is 12.2 Å². The molecule has 0 radical (unpaired) electrons. The van der Waals surface area contributed by atoms with E-state index in [0.717, 1.165) is 12.3 Å². The first kappa shape index (κ1) is 17.7. The molecule has 0 bridgehead atoms. The van der Waals surface area contributed by atoms with Crippen LogP contribution in [0.3, 0.4) is 0 Å². The second-order valence-electron chi connectivity index (χ2n) is 4.85. The number of rotatable bonds is 5. The highest BCUT2D eigenvalue weighted by atomic mass is 19.4. The smallest absolute Gasteiger partial charge is 0.352 e. The van der Waals surface area contributed by atoms with Crippen LogP contribution in [0.25, 0.3) is 0 Å². The molecule has 0 spiro atoms. The van der Waals surface area contributed by atoms with Gasteiger partial charge in [-0.25, -0.2) is 0 Å². The third-order valence-electron chi connectivity index (χ3n) is 2.54. The zero-order valence-corrected chi connectivity index (χ0v) is 12.0. The van der Waals surface area contributed by atoms with Gasteiger partial charge in [-0.1, -0.05) is 0 Å². The Kier molecular flexibility index (Phi) is 5.72. The van der Waals surface area contributed by atoms with Crippen LogP contribution in [0.2, 0.25) is 0 Å². The number of nitrogens with one attached hydrogen (secondary N) is 2. The third-order valence-corrected chi connectivity index (χ3v) is 2.54. The number of carbonyl (C=O) groups excluding carboxylic acids is 2. The predicted octanol–water partition coefficient (Wildman–Crippen LogP) is 0.508. The van der Waals surface area contributed by atoms with Gasteiger partial charge in [0.2, 0.25) is 11.8 Å². The van der Waals surface area contributed by atoms with Gasteiger partial charge in [-0.3, -0.25) is 14.4 Å². The maximum absolute atomic E-state index is 12.6. The Bertz CT molecular complexity index is 609. The van der Waals surface area contributed by atoms with Gasteiger partial charge in [-0.15, -0.1) is 0 Å². The average molecular weight is 319 g/mol. The van der Waals surface area contributed by atoms with Crippen molar-refractivity contribution >= 4 is 11.8 Å². The Morgan fingerprint density at radius 3 is 2.45 bits per heavy atom. The molecule has 1 aromatic heterocycles. The summed E-state index contributed by atoms with van der Waals surface area (Å²) in [6.45, 7) is 2.56. The topological polar surface area (TPSA) is 80.2 Å². The van der Waals surface area contributed by atoms with E-state index in [-0.39, 0.29) is 12.6 Å². The molecular formula is C13H16F3N3O3. The number of alkyl halides is 3. The SMILES string of the molecule is CC(C)NC(=O)CNC(=O)Cn1cccc(C(F)(F)F)c1=O. The normalized spacial score (nSPS) is 11.4. The van der Waals surface area contributed by atoms with Gasteiger partial charge in [0.1, 0.15) is 12.1 Å². The Labute approximate surface area is 124 Å². The van der Waals surface area contributed by atoms with Crippen LogP contribution in [0, 0.1) is 0 Å². The molecule has 1 heterocycles. The quantitative estimate of drug-likeness (QED) is 0.830. The minimum absolute atomic E-state index is 0.101. The minimum atomic E-state index is -4.78. The summed E-state index contributed by atoms with van der Waals surface area (Å²) in [4.78, 5) is 34.5. The summed E-state index contributed by atoms with van der Waals surface area (Å²) in [5.41, 5.74) is -2.66. The van der Waals surface area contributed by atoms with E-state index in [1.807, 2.05) is 0 Å². The van der Waals surface area contributed by atoms with Crippen molar-refractivity contribution in [3.8, 4) is 0 Å². The molecule has 1 aromatic rings. The third kappa shape index (κ3) is 5.23. The summed E-state index contributed by atoms with van der Waals surface area (Å²) >= 11 is 0. The first-order chi connectivity index (χ1) is 10.1. The maximum atomic E-state index is 12.6. The first-order valence-corrected chi connectivity index (χ1v) is 6.44. The van der Waals surface area contributed by atoms with Crippen molar-refractivity contribution < 1.29 is 22.8 Å². The number of hydrogen-bond acceptors (Lipinski definition) is 3. The number of hydrogen-bond donors (Lipinski definition) is 2. The van der Waals surface area contributed by atoms with E-state index in [4.69, 9.17) is 0 Å². The highest BCUT2D eigenvalue weighted by Crippen LogP contribution is 2.25. The molecule has 0 atom stereocenters. The van der Waals surface area contributed by atoms with Crippen LogP contribution in [-0.4, -0.2) is 29.0 Å². The second kappa shape index (κ2) is 7.10. The van der Waals surface area contributed by atoms with E-state index in [9.17, 15) is 27.6 Å². The summed E-state index contributed by atoms with van der Waals surface area (Å²) in [6, 6.07) is 1.57. The molecule has 0 aliphatic heterocycles. The molecule has 2 amide bonds. The fourth-order valence-corrected chi connectivity index (χ4v) is 1.64. The number of nitrogens with zero attached hydrogens (tertiary/aromatic N) is 1. The Balaban J connectivity index is 2.70. The molecule has 0 aliphatic carbocycles. The number of aromatic nitrogens is 1. The summed E-state index contributed by atoms with van der Waals surface area (Å²) in [6.07, 6.45) is -3.71. The van der Waals surface area contributed by atoms with Gasteiger partial charge < -0.3 is 15.2 Å². The van der Waals surface area contributed by atoms with Gasteiger partial charge in [0.05, 0.1) is 6.54 Å². The average Bonchev–Trinajstić information content (AvgIpc) is 2.36. The Morgan fingerprint density at radius 2 is 1.91 bits per heavy atom. The van der Waals surface area contributed by atoms with Crippen molar-refractivity contribution in [1.82, 2.24) is 15.2 Å². The molecule has 0 aromatic carbocycles. The minimum Gasteiger partial charge on any atom is -0.352 e. The van der Waals surface area contributed by atoms with Crippen molar-refractivity contribution in [2.75, 3.05) is 6.54 Å². The lowest BCUT2D eigenvalue weighted by molar-refractivity contribution is -0.139. The predicted molar refractivity (Wildman–Crippen MR) is 72.0 cm³/mol. The van der Waals surface area contributed by atoms with Gasteiger partial charge in [-0.2, -0.15) is 13.2 Å². The molecule has 0 saturated carbocycles. The van der Waals surface area contributed by atoms with Crippen molar-refractivity contribution in [2.45, 2.75) is 32.6 Å². The highest BCUT2D eigenvalue weighted by molar-refractivity contribution is 5.84. The van der Waals surface area contributed by atoms with Crippen LogP contribution in [0.1, 0.15) is 19.4 Å². The van der Waals surface area contributed by atoms with Crippen LogP contribution in [0.5, 0.6) is 0 Å². The molecule has 22 heavy (non-hydrogen) atoms. The number of amides is 2. The van der Waals surface area contributed by atoms with E-state index in [1.165, 1.54) is 0 Å². The maximum Gasteiger partial charge on any atom is 0.421 e. The van der Waals surface area contributed by atoms with Crippen LogP contribution >= 0.6 is 0 Å². The van der Waals surface area contributed by atoms with E-state index in [2.05, 4.69) is 10.6 Å². The molecule has 0 saturated heterocycles. The van der Waals surface area contributed by atoms with Crippen LogP contribution in [0.15, 0.2) is 23.1 Å². The monoisotopic (exact) mass is 319 g/mol. The summed E-state index contributed by atoms with van der Waals surface area (Å²) in [5.74, 6) is -1.17. The van der Waals surface area contributed by atoms with Gasteiger partial charge >= 0.3 is 6.18 Å². The zero-order chi connectivity index (χ0) is 16.9. The molecular weight excluding hydrogens is 303 g/mol. The number of carbonyl (C=O) groups is 2. The number of pyridine rings is 1. The lowest BCUT2D eigenvalue weighted by Gasteiger charge is -2.11. The molecule has 1 rings (SSSR count). The first-order valence-electron chi connectivity index (χ1n) is 6.44. The summed E-state index contributed by atoms with van der Waals surface area (Å²) in [5, 5.41) is 4.76. The van der Waals surface area contributed by atoms with Crippen molar-refractivity contribution in [3.63, 3.8) is 0 Å². The molecule has 0 aliphatic rings. The van der Waals surface area contributed by atoms with E-state index >= 15 is 0 Å². The van der Waals surface area contributed by atoms with Crippen LogP contribution in [0.4, 0.5) is 13.2 Å².